The molecule has 0 aliphatic carbocycles. The normalized spacial score (nSPS) is 10.3. The second-order valence-corrected chi connectivity index (χ2v) is 5.75. The van der Waals surface area contributed by atoms with E-state index in [-0.39, 0.29) is 11.8 Å². The first kappa shape index (κ1) is 19.5. The SMILES string of the molecule is CCC(=O)Nc1cc(NC(=O)c2ccc(OCCOC)cc2)ccc1C. The van der Waals surface area contributed by atoms with E-state index in [1.165, 1.54) is 0 Å². The number of hydrogen-bond donors (Lipinski definition) is 2. The lowest BCUT2D eigenvalue weighted by Gasteiger charge is -2.11. The molecule has 0 bridgehead atoms. The topological polar surface area (TPSA) is 76.7 Å². The Balaban J connectivity index is 2.02. The summed E-state index contributed by atoms with van der Waals surface area (Å²) in [7, 11) is 1.61. The molecule has 6 nitrogen and oxygen atoms in total. The molecule has 2 rings (SSSR count). The Kier molecular flexibility index (Phi) is 7.17. The standard InChI is InChI=1S/C20H24N2O4/c1-4-19(23)22-18-13-16(8-5-14(18)2)21-20(24)15-6-9-17(10-7-15)26-12-11-25-3/h5-10,13H,4,11-12H2,1-3H3,(H,21,24)(H,22,23). The second-order valence-electron chi connectivity index (χ2n) is 5.75. The number of amides is 2. The van der Waals surface area contributed by atoms with E-state index in [1.807, 2.05) is 13.0 Å². The van der Waals surface area contributed by atoms with Gasteiger partial charge < -0.3 is 20.1 Å². The molecule has 2 amide bonds. The van der Waals surface area contributed by atoms with Crippen molar-refractivity contribution in [3.8, 4) is 5.75 Å². The van der Waals surface area contributed by atoms with E-state index >= 15 is 0 Å². The van der Waals surface area contributed by atoms with Crippen LogP contribution in [0.25, 0.3) is 0 Å². The quantitative estimate of drug-likeness (QED) is 0.708. The number of methoxy groups -OCH3 is 1. The number of carbonyl (C=O) groups is 2. The Morgan fingerprint density at radius 3 is 2.38 bits per heavy atom. The van der Waals surface area contributed by atoms with Crippen molar-refractivity contribution in [1.82, 2.24) is 0 Å². The number of benzene rings is 2. The van der Waals surface area contributed by atoms with Crippen molar-refractivity contribution >= 4 is 23.2 Å². The van der Waals surface area contributed by atoms with Gasteiger partial charge in [0.05, 0.1) is 6.61 Å². The Morgan fingerprint density at radius 1 is 1.00 bits per heavy atom. The van der Waals surface area contributed by atoms with Crippen LogP contribution in [-0.4, -0.2) is 32.1 Å². The Labute approximate surface area is 153 Å². The first-order chi connectivity index (χ1) is 12.5. The van der Waals surface area contributed by atoms with Gasteiger partial charge in [0.15, 0.2) is 0 Å². The van der Waals surface area contributed by atoms with Gasteiger partial charge in [0, 0.05) is 30.5 Å². The van der Waals surface area contributed by atoms with Crippen LogP contribution in [0.4, 0.5) is 11.4 Å². The van der Waals surface area contributed by atoms with Crippen molar-refractivity contribution in [1.29, 1.82) is 0 Å². The number of hydrogen-bond acceptors (Lipinski definition) is 4. The fourth-order valence-electron chi connectivity index (χ4n) is 2.22. The maximum absolute atomic E-state index is 12.4. The van der Waals surface area contributed by atoms with Crippen molar-refractivity contribution in [3.63, 3.8) is 0 Å². The molecule has 0 aliphatic rings. The fourth-order valence-corrected chi connectivity index (χ4v) is 2.22. The molecule has 0 aliphatic heterocycles. The van der Waals surface area contributed by atoms with Gasteiger partial charge in [-0.2, -0.15) is 0 Å². The van der Waals surface area contributed by atoms with E-state index in [1.54, 1.807) is 50.4 Å². The van der Waals surface area contributed by atoms with Crippen LogP contribution in [0, 0.1) is 6.92 Å². The first-order valence-electron chi connectivity index (χ1n) is 8.47. The Morgan fingerprint density at radius 2 is 1.73 bits per heavy atom. The van der Waals surface area contributed by atoms with E-state index in [4.69, 9.17) is 9.47 Å². The van der Waals surface area contributed by atoms with Crippen molar-refractivity contribution in [2.24, 2.45) is 0 Å². The molecule has 6 heteroatoms. The van der Waals surface area contributed by atoms with Crippen LogP contribution in [0.1, 0.15) is 29.3 Å². The zero-order chi connectivity index (χ0) is 18.9. The van der Waals surface area contributed by atoms with Gasteiger partial charge in [-0.3, -0.25) is 9.59 Å². The largest absolute Gasteiger partial charge is 0.491 e. The lowest BCUT2D eigenvalue weighted by molar-refractivity contribution is -0.115. The smallest absolute Gasteiger partial charge is 0.255 e. The number of carbonyl (C=O) groups excluding carboxylic acids is 2. The Hall–Kier alpha value is -2.86. The fraction of sp³-hybridized carbons (Fsp3) is 0.300. The second kappa shape index (κ2) is 9.58. The number of anilines is 2. The van der Waals surface area contributed by atoms with Gasteiger partial charge in [-0.05, 0) is 48.9 Å². The van der Waals surface area contributed by atoms with E-state index in [0.29, 0.717) is 42.3 Å². The zero-order valence-electron chi connectivity index (χ0n) is 15.3. The van der Waals surface area contributed by atoms with Crippen molar-refractivity contribution < 1.29 is 19.1 Å². The third-order valence-corrected chi connectivity index (χ3v) is 3.76. The van der Waals surface area contributed by atoms with Gasteiger partial charge in [-0.1, -0.05) is 13.0 Å². The average Bonchev–Trinajstić information content (AvgIpc) is 2.65. The van der Waals surface area contributed by atoms with Crippen LogP contribution in [0.3, 0.4) is 0 Å². The molecule has 2 aromatic rings. The molecule has 0 saturated carbocycles. The number of ether oxygens (including phenoxy) is 2. The van der Waals surface area contributed by atoms with Crippen LogP contribution < -0.4 is 15.4 Å². The van der Waals surface area contributed by atoms with Crippen LogP contribution in [0.5, 0.6) is 5.75 Å². The molecule has 0 aromatic heterocycles. The summed E-state index contributed by atoms with van der Waals surface area (Å²) in [6, 6.07) is 12.3. The van der Waals surface area contributed by atoms with Gasteiger partial charge in [0.2, 0.25) is 5.91 Å². The van der Waals surface area contributed by atoms with Gasteiger partial charge in [-0.25, -0.2) is 0 Å². The van der Waals surface area contributed by atoms with E-state index in [9.17, 15) is 9.59 Å². The highest BCUT2D eigenvalue weighted by molar-refractivity contribution is 6.04. The third-order valence-electron chi connectivity index (χ3n) is 3.76. The van der Waals surface area contributed by atoms with Crippen LogP contribution in [-0.2, 0) is 9.53 Å². The van der Waals surface area contributed by atoms with Crippen molar-refractivity contribution in [3.05, 3.63) is 53.6 Å². The molecule has 0 spiro atoms. The molecule has 138 valence electrons. The molecular weight excluding hydrogens is 332 g/mol. The van der Waals surface area contributed by atoms with Gasteiger partial charge in [-0.15, -0.1) is 0 Å². The van der Waals surface area contributed by atoms with Crippen LogP contribution in [0.2, 0.25) is 0 Å². The van der Waals surface area contributed by atoms with Gasteiger partial charge >= 0.3 is 0 Å². The third kappa shape index (κ3) is 5.60. The summed E-state index contributed by atoms with van der Waals surface area (Å²) in [4.78, 5) is 24.0. The van der Waals surface area contributed by atoms with Crippen molar-refractivity contribution in [2.45, 2.75) is 20.3 Å². The maximum Gasteiger partial charge on any atom is 0.255 e. The molecule has 0 radical (unpaired) electrons. The van der Waals surface area contributed by atoms with E-state index in [0.717, 1.165) is 5.56 Å². The molecule has 26 heavy (non-hydrogen) atoms. The summed E-state index contributed by atoms with van der Waals surface area (Å²) < 4.78 is 10.4. The number of nitrogens with one attached hydrogen (secondary N) is 2. The minimum atomic E-state index is -0.231. The molecule has 0 unspecified atom stereocenters. The highest BCUT2D eigenvalue weighted by Gasteiger charge is 2.09. The minimum absolute atomic E-state index is 0.0689. The van der Waals surface area contributed by atoms with E-state index in [2.05, 4.69) is 10.6 Å². The highest BCUT2D eigenvalue weighted by atomic mass is 16.5. The Bertz CT molecular complexity index is 757. The maximum atomic E-state index is 12.4. The first-order valence-corrected chi connectivity index (χ1v) is 8.47. The minimum Gasteiger partial charge on any atom is -0.491 e. The molecule has 0 saturated heterocycles. The molecule has 2 aromatic carbocycles. The summed E-state index contributed by atoms with van der Waals surface area (Å²) in [5, 5.41) is 5.67. The summed E-state index contributed by atoms with van der Waals surface area (Å²) in [6.07, 6.45) is 0.398. The van der Waals surface area contributed by atoms with Gasteiger partial charge in [0.25, 0.3) is 5.91 Å². The van der Waals surface area contributed by atoms with Crippen LogP contribution >= 0.6 is 0 Å². The molecular formula is C20H24N2O4. The van der Waals surface area contributed by atoms with Crippen LogP contribution in [0.15, 0.2) is 42.5 Å². The zero-order valence-corrected chi connectivity index (χ0v) is 15.3. The highest BCUT2D eigenvalue weighted by Crippen LogP contribution is 2.21. The number of rotatable bonds is 8. The lowest BCUT2D eigenvalue weighted by Crippen LogP contribution is -2.14. The monoisotopic (exact) mass is 356 g/mol. The van der Waals surface area contributed by atoms with E-state index < -0.39 is 0 Å². The predicted molar refractivity (Wildman–Crippen MR) is 102 cm³/mol. The summed E-state index contributed by atoms with van der Waals surface area (Å²) in [6.45, 7) is 4.66. The number of aryl methyl sites for hydroxylation is 1. The average molecular weight is 356 g/mol. The molecule has 0 atom stereocenters. The summed E-state index contributed by atoms with van der Waals surface area (Å²) >= 11 is 0. The lowest BCUT2D eigenvalue weighted by atomic mass is 10.1. The van der Waals surface area contributed by atoms with Gasteiger partial charge in [0.1, 0.15) is 12.4 Å². The summed E-state index contributed by atoms with van der Waals surface area (Å²) in [5.41, 5.74) is 2.76. The summed E-state index contributed by atoms with van der Waals surface area (Å²) in [5.74, 6) is 0.379. The molecule has 0 heterocycles. The van der Waals surface area contributed by atoms with Crippen molar-refractivity contribution in [2.75, 3.05) is 31.0 Å². The molecule has 0 fully saturated rings. The predicted octanol–water partition coefficient (Wildman–Crippen LogP) is 3.62. The molecule has 2 N–H and O–H groups in total.